The second kappa shape index (κ2) is 6.76. The number of rotatable bonds is 3. The van der Waals surface area contributed by atoms with Crippen molar-refractivity contribution in [1.82, 2.24) is 10.2 Å². The quantitative estimate of drug-likeness (QED) is 0.745. The number of nitrogens with one attached hydrogen (secondary N) is 1. The van der Waals surface area contributed by atoms with Gasteiger partial charge in [-0.05, 0) is 126 Å². The predicted octanol–water partition coefficient (Wildman–Crippen LogP) is 5.18. The van der Waals surface area contributed by atoms with Crippen LogP contribution in [0.5, 0.6) is 0 Å². The molecule has 26 heavy (non-hydrogen) atoms. The minimum atomic E-state index is 0.607. The first-order chi connectivity index (χ1) is 12.3. The highest BCUT2D eigenvalue weighted by Gasteiger charge is 2.60. The maximum Gasteiger partial charge on any atom is 0.00944 e. The Kier molecular flexibility index (Phi) is 5.01. The Hall–Kier alpha value is -0.0800. The van der Waals surface area contributed by atoms with Gasteiger partial charge in [-0.1, -0.05) is 13.8 Å². The van der Waals surface area contributed by atoms with Crippen molar-refractivity contribution in [3.63, 3.8) is 0 Å². The van der Waals surface area contributed by atoms with Gasteiger partial charge in [-0.15, -0.1) is 0 Å². The summed E-state index contributed by atoms with van der Waals surface area (Å²) < 4.78 is 0. The molecule has 4 fully saturated rings. The number of hydrogen-bond donors (Lipinski definition) is 1. The van der Waals surface area contributed by atoms with Gasteiger partial charge in [0.1, 0.15) is 0 Å². The molecule has 2 nitrogen and oxygen atoms in total. The Balaban J connectivity index is 1.56. The molecule has 1 unspecified atom stereocenters. The lowest BCUT2D eigenvalue weighted by molar-refractivity contribution is -0.118. The predicted molar refractivity (Wildman–Crippen MR) is 111 cm³/mol. The summed E-state index contributed by atoms with van der Waals surface area (Å²) in [5.74, 6) is 4.95. The zero-order valence-corrected chi connectivity index (χ0v) is 18.4. The Morgan fingerprint density at radius 3 is 2.27 bits per heavy atom. The topological polar surface area (TPSA) is 15.3 Å². The summed E-state index contributed by atoms with van der Waals surface area (Å²) >= 11 is 0. The summed E-state index contributed by atoms with van der Waals surface area (Å²) in [7, 11) is 6.76. The average Bonchev–Trinajstić information content (AvgIpc) is 2.97. The molecular formula is C24H44N2. The van der Waals surface area contributed by atoms with Crippen molar-refractivity contribution in [2.45, 2.75) is 90.6 Å². The molecule has 0 radical (unpaired) electrons. The molecule has 4 aliphatic rings. The van der Waals surface area contributed by atoms with Gasteiger partial charge in [0, 0.05) is 12.1 Å². The molecule has 1 N–H and O–H groups in total. The van der Waals surface area contributed by atoms with E-state index in [2.05, 4.69) is 52.1 Å². The Bertz CT molecular complexity index is 516. The van der Waals surface area contributed by atoms with Crippen LogP contribution in [0.1, 0.15) is 78.6 Å². The summed E-state index contributed by atoms with van der Waals surface area (Å²) in [6, 6.07) is 1.52. The molecule has 150 valence electrons. The molecule has 4 saturated carbocycles. The molecule has 0 aromatic carbocycles. The molecular weight excluding hydrogens is 316 g/mol. The van der Waals surface area contributed by atoms with E-state index in [-0.39, 0.29) is 0 Å². The van der Waals surface area contributed by atoms with Crippen molar-refractivity contribution < 1.29 is 0 Å². The molecule has 0 saturated heterocycles. The highest BCUT2D eigenvalue weighted by molar-refractivity contribution is 5.10. The minimum Gasteiger partial charge on any atom is -0.317 e. The van der Waals surface area contributed by atoms with Crippen LogP contribution in [0.15, 0.2) is 0 Å². The van der Waals surface area contributed by atoms with Crippen molar-refractivity contribution >= 4 is 0 Å². The first-order valence-electron chi connectivity index (χ1n) is 11.6. The van der Waals surface area contributed by atoms with Crippen LogP contribution in [0.2, 0.25) is 0 Å². The van der Waals surface area contributed by atoms with Gasteiger partial charge >= 0.3 is 0 Å². The molecule has 0 aromatic heterocycles. The van der Waals surface area contributed by atoms with E-state index in [1.165, 1.54) is 57.8 Å². The molecule has 0 amide bonds. The summed E-state index contributed by atoms with van der Waals surface area (Å²) in [5, 5.41) is 3.59. The van der Waals surface area contributed by atoms with Crippen molar-refractivity contribution in [2.24, 2.45) is 40.4 Å². The zero-order chi connectivity index (χ0) is 18.7. The normalized spacial score (nSPS) is 52.3. The Morgan fingerprint density at radius 1 is 0.885 bits per heavy atom. The smallest absolute Gasteiger partial charge is 0.00944 e. The van der Waals surface area contributed by atoms with Crippen molar-refractivity contribution in [3.05, 3.63) is 0 Å². The fraction of sp³-hybridized carbons (Fsp3) is 1.00. The molecule has 9 atom stereocenters. The Morgan fingerprint density at radius 2 is 1.58 bits per heavy atom. The number of fused-ring (bicyclic) bond motifs is 5. The fourth-order valence-electron chi connectivity index (χ4n) is 8.71. The molecule has 0 heterocycles. The largest absolute Gasteiger partial charge is 0.317 e. The van der Waals surface area contributed by atoms with Gasteiger partial charge in [0.15, 0.2) is 0 Å². The van der Waals surface area contributed by atoms with E-state index < -0.39 is 0 Å². The van der Waals surface area contributed by atoms with E-state index in [4.69, 9.17) is 0 Å². The number of hydrogen-bond acceptors (Lipinski definition) is 2. The first-order valence-corrected chi connectivity index (χ1v) is 11.6. The third kappa shape index (κ3) is 2.72. The molecule has 0 aromatic rings. The standard InChI is InChI=1S/C24H44N2/c1-16(26(5)6)20-9-10-21-19-8-7-17-15-18(25-4)11-13-23(17,2)22(19)12-14-24(20,21)3/h16-22,25H,7-15H2,1-6H3/t16-,17?,18-,19-,20+,21-,22-,23-,24+/m0/s1. The highest BCUT2D eigenvalue weighted by atomic mass is 15.1. The summed E-state index contributed by atoms with van der Waals surface area (Å²) in [6.45, 7) is 7.89. The highest BCUT2D eigenvalue weighted by Crippen LogP contribution is 2.67. The SMILES string of the molecule is CN[C@H]1CC[C@@]2(C)C(CC[C@H]3[C@@H]4CC[C@H]([C@H](C)N(C)C)[C@@]4(C)CC[C@@H]32)C1. The van der Waals surface area contributed by atoms with E-state index in [1.54, 1.807) is 0 Å². The van der Waals surface area contributed by atoms with E-state index >= 15 is 0 Å². The van der Waals surface area contributed by atoms with Gasteiger partial charge in [-0.2, -0.15) is 0 Å². The molecule has 4 aliphatic carbocycles. The summed E-state index contributed by atoms with van der Waals surface area (Å²) in [6.07, 6.45) is 13.4. The van der Waals surface area contributed by atoms with E-state index in [0.29, 0.717) is 10.8 Å². The number of nitrogens with zero attached hydrogens (tertiary/aromatic N) is 1. The van der Waals surface area contributed by atoms with E-state index in [0.717, 1.165) is 41.7 Å². The first kappa shape index (κ1) is 19.2. The zero-order valence-electron chi connectivity index (χ0n) is 18.4. The maximum atomic E-state index is 3.59. The third-order valence-electron chi connectivity index (χ3n) is 10.5. The lowest BCUT2D eigenvalue weighted by Crippen LogP contribution is -2.55. The van der Waals surface area contributed by atoms with Gasteiger partial charge < -0.3 is 10.2 Å². The van der Waals surface area contributed by atoms with Crippen LogP contribution < -0.4 is 5.32 Å². The van der Waals surface area contributed by atoms with Crippen LogP contribution >= 0.6 is 0 Å². The van der Waals surface area contributed by atoms with Gasteiger partial charge in [0.25, 0.3) is 0 Å². The van der Waals surface area contributed by atoms with Crippen molar-refractivity contribution in [2.75, 3.05) is 21.1 Å². The van der Waals surface area contributed by atoms with Crippen molar-refractivity contribution in [1.29, 1.82) is 0 Å². The van der Waals surface area contributed by atoms with Crippen LogP contribution in [0.4, 0.5) is 0 Å². The van der Waals surface area contributed by atoms with Gasteiger partial charge in [-0.3, -0.25) is 0 Å². The van der Waals surface area contributed by atoms with Crippen LogP contribution in [0.25, 0.3) is 0 Å². The molecule has 0 aliphatic heterocycles. The van der Waals surface area contributed by atoms with Crippen LogP contribution in [-0.2, 0) is 0 Å². The lowest BCUT2D eigenvalue weighted by atomic mass is 9.44. The third-order valence-corrected chi connectivity index (χ3v) is 10.5. The molecule has 0 bridgehead atoms. The monoisotopic (exact) mass is 360 g/mol. The molecule has 4 rings (SSSR count). The van der Waals surface area contributed by atoms with E-state index in [9.17, 15) is 0 Å². The van der Waals surface area contributed by atoms with Gasteiger partial charge in [0.2, 0.25) is 0 Å². The summed E-state index contributed by atoms with van der Waals surface area (Å²) in [4.78, 5) is 2.49. The second-order valence-corrected chi connectivity index (χ2v) is 11.3. The van der Waals surface area contributed by atoms with Crippen molar-refractivity contribution in [3.8, 4) is 0 Å². The van der Waals surface area contributed by atoms with Gasteiger partial charge in [-0.25, -0.2) is 0 Å². The van der Waals surface area contributed by atoms with Gasteiger partial charge in [0.05, 0.1) is 0 Å². The molecule has 2 heteroatoms. The molecule has 0 spiro atoms. The second-order valence-electron chi connectivity index (χ2n) is 11.3. The maximum absolute atomic E-state index is 3.59. The minimum absolute atomic E-state index is 0.607. The van der Waals surface area contributed by atoms with Crippen LogP contribution in [0.3, 0.4) is 0 Å². The average molecular weight is 361 g/mol. The van der Waals surface area contributed by atoms with E-state index in [1.807, 2.05) is 0 Å². The fourth-order valence-corrected chi connectivity index (χ4v) is 8.71. The summed E-state index contributed by atoms with van der Waals surface area (Å²) in [5.41, 5.74) is 1.25. The lowest BCUT2D eigenvalue weighted by Gasteiger charge is -2.61. The van der Waals surface area contributed by atoms with Crippen LogP contribution in [0, 0.1) is 40.4 Å². The Labute approximate surface area is 162 Å². The van der Waals surface area contributed by atoms with Crippen LogP contribution in [-0.4, -0.2) is 38.1 Å².